The van der Waals surface area contributed by atoms with E-state index in [0.29, 0.717) is 19.5 Å². The molecule has 23 heavy (non-hydrogen) atoms. The van der Waals surface area contributed by atoms with Gasteiger partial charge in [0, 0.05) is 24.5 Å². The first-order valence-electron chi connectivity index (χ1n) is 8.00. The molecule has 0 spiro atoms. The molecule has 4 heteroatoms. The fraction of sp³-hybridized carbons (Fsp3) is 0.316. The fourth-order valence-corrected chi connectivity index (χ4v) is 2.42. The van der Waals surface area contributed by atoms with E-state index in [0.717, 1.165) is 24.4 Å². The number of carbonyl (C=O) groups excluding carboxylic acids is 1. The topological polar surface area (TPSA) is 41.1 Å². The SMILES string of the molecule is O=C(CCNCCc1ccccc1)NCCc1ccc(Cl)cc1. The summed E-state index contributed by atoms with van der Waals surface area (Å²) in [6.45, 7) is 2.26. The second kappa shape index (κ2) is 10.0. The maximum Gasteiger partial charge on any atom is 0.221 e. The molecule has 2 aromatic rings. The molecule has 2 aromatic carbocycles. The normalized spacial score (nSPS) is 10.5. The Morgan fingerprint density at radius 2 is 1.48 bits per heavy atom. The number of carbonyl (C=O) groups is 1. The van der Waals surface area contributed by atoms with Crippen molar-refractivity contribution in [2.24, 2.45) is 0 Å². The molecular formula is C19H23ClN2O. The highest BCUT2D eigenvalue weighted by Gasteiger charge is 2.01. The minimum absolute atomic E-state index is 0.0891. The summed E-state index contributed by atoms with van der Waals surface area (Å²) >= 11 is 5.84. The van der Waals surface area contributed by atoms with Crippen LogP contribution in [-0.4, -0.2) is 25.5 Å². The molecule has 0 bridgehead atoms. The molecule has 2 N–H and O–H groups in total. The standard InChI is InChI=1S/C19H23ClN2O/c20-18-8-6-17(7-9-18)11-15-22-19(23)12-14-21-13-10-16-4-2-1-3-5-16/h1-9,21H,10-15H2,(H,22,23). The van der Waals surface area contributed by atoms with Crippen molar-refractivity contribution in [3.05, 3.63) is 70.7 Å². The van der Waals surface area contributed by atoms with Gasteiger partial charge in [0.15, 0.2) is 0 Å². The van der Waals surface area contributed by atoms with Gasteiger partial charge in [-0.25, -0.2) is 0 Å². The van der Waals surface area contributed by atoms with Crippen LogP contribution in [0, 0.1) is 0 Å². The van der Waals surface area contributed by atoms with Crippen molar-refractivity contribution in [2.75, 3.05) is 19.6 Å². The highest BCUT2D eigenvalue weighted by atomic mass is 35.5. The predicted octanol–water partition coefficient (Wildman–Crippen LogP) is 3.22. The van der Waals surface area contributed by atoms with Crippen LogP contribution in [0.4, 0.5) is 0 Å². The third-order valence-corrected chi connectivity index (χ3v) is 3.86. The Labute approximate surface area is 143 Å². The zero-order valence-electron chi connectivity index (χ0n) is 13.2. The van der Waals surface area contributed by atoms with Crippen LogP contribution in [0.5, 0.6) is 0 Å². The fourth-order valence-electron chi connectivity index (χ4n) is 2.29. The number of hydrogen-bond donors (Lipinski definition) is 2. The lowest BCUT2D eigenvalue weighted by atomic mass is 10.1. The average molecular weight is 331 g/mol. The van der Waals surface area contributed by atoms with Crippen molar-refractivity contribution < 1.29 is 4.79 Å². The molecular weight excluding hydrogens is 308 g/mol. The number of halogens is 1. The van der Waals surface area contributed by atoms with Gasteiger partial charge < -0.3 is 10.6 Å². The smallest absolute Gasteiger partial charge is 0.221 e. The van der Waals surface area contributed by atoms with Crippen molar-refractivity contribution in [2.45, 2.75) is 19.3 Å². The zero-order valence-corrected chi connectivity index (χ0v) is 14.0. The van der Waals surface area contributed by atoms with E-state index in [-0.39, 0.29) is 5.91 Å². The Bertz CT molecular complexity index is 584. The molecule has 0 radical (unpaired) electrons. The largest absolute Gasteiger partial charge is 0.356 e. The minimum Gasteiger partial charge on any atom is -0.356 e. The van der Waals surface area contributed by atoms with Gasteiger partial charge in [-0.1, -0.05) is 54.1 Å². The summed E-state index contributed by atoms with van der Waals surface area (Å²) in [4.78, 5) is 11.7. The number of nitrogens with one attached hydrogen (secondary N) is 2. The van der Waals surface area contributed by atoms with Crippen LogP contribution in [0.25, 0.3) is 0 Å². The van der Waals surface area contributed by atoms with Gasteiger partial charge in [0.25, 0.3) is 0 Å². The van der Waals surface area contributed by atoms with Crippen LogP contribution in [0.2, 0.25) is 5.02 Å². The molecule has 0 aromatic heterocycles. The molecule has 1 amide bonds. The Balaban J connectivity index is 1.51. The van der Waals surface area contributed by atoms with E-state index in [2.05, 4.69) is 22.8 Å². The summed E-state index contributed by atoms with van der Waals surface area (Å²) < 4.78 is 0. The Kier molecular flexibility index (Phi) is 7.64. The molecule has 0 aliphatic heterocycles. The number of rotatable bonds is 9. The van der Waals surface area contributed by atoms with Crippen LogP contribution in [0.3, 0.4) is 0 Å². The maximum atomic E-state index is 11.7. The second-order valence-corrected chi connectivity index (χ2v) is 5.90. The monoisotopic (exact) mass is 330 g/mol. The Morgan fingerprint density at radius 3 is 2.22 bits per heavy atom. The van der Waals surface area contributed by atoms with E-state index in [1.165, 1.54) is 11.1 Å². The number of hydrogen-bond acceptors (Lipinski definition) is 2. The number of amides is 1. The highest BCUT2D eigenvalue weighted by Crippen LogP contribution is 2.09. The molecule has 0 atom stereocenters. The molecule has 0 fully saturated rings. The molecule has 2 rings (SSSR count). The van der Waals surface area contributed by atoms with Gasteiger partial charge in [0.05, 0.1) is 0 Å². The van der Waals surface area contributed by atoms with Crippen molar-refractivity contribution in [1.82, 2.24) is 10.6 Å². The highest BCUT2D eigenvalue weighted by molar-refractivity contribution is 6.30. The summed E-state index contributed by atoms with van der Waals surface area (Å²) in [6.07, 6.45) is 2.32. The number of benzene rings is 2. The van der Waals surface area contributed by atoms with Crippen LogP contribution in [0.15, 0.2) is 54.6 Å². The molecule has 3 nitrogen and oxygen atoms in total. The van der Waals surface area contributed by atoms with Gasteiger partial charge in [0.2, 0.25) is 5.91 Å². The molecule has 0 aliphatic rings. The van der Waals surface area contributed by atoms with Gasteiger partial charge in [-0.2, -0.15) is 0 Å². The van der Waals surface area contributed by atoms with E-state index in [1.807, 2.05) is 42.5 Å². The summed E-state index contributed by atoms with van der Waals surface area (Å²) in [7, 11) is 0. The molecule has 0 saturated heterocycles. The summed E-state index contributed by atoms with van der Waals surface area (Å²) in [6, 6.07) is 18.1. The molecule has 0 heterocycles. The lowest BCUT2D eigenvalue weighted by molar-refractivity contribution is -0.120. The first-order chi connectivity index (χ1) is 11.2. The van der Waals surface area contributed by atoms with Gasteiger partial charge >= 0.3 is 0 Å². The molecule has 0 unspecified atom stereocenters. The van der Waals surface area contributed by atoms with Crippen molar-refractivity contribution in [3.63, 3.8) is 0 Å². The summed E-state index contributed by atoms with van der Waals surface area (Å²) in [5.74, 6) is 0.0891. The van der Waals surface area contributed by atoms with Crippen LogP contribution in [-0.2, 0) is 17.6 Å². The lowest BCUT2D eigenvalue weighted by Gasteiger charge is -2.07. The van der Waals surface area contributed by atoms with Crippen molar-refractivity contribution in [3.8, 4) is 0 Å². The van der Waals surface area contributed by atoms with Gasteiger partial charge in [0.1, 0.15) is 0 Å². The van der Waals surface area contributed by atoms with E-state index < -0.39 is 0 Å². The van der Waals surface area contributed by atoms with Crippen LogP contribution < -0.4 is 10.6 Å². The van der Waals surface area contributed by atoms with Gasteiger partial charge in [-0.15, -0.1) is 0 Å². The van der Waals surface area contributed by atoms with E-state index in [4.69, 9.17) is 11.6 Å². The minimum atomic E-state index is 0.0891. The van der Waals surface area contributed by atoms with Gasteiger partial charge in [-0.3, -0.25) is 4.79 Å². The van der Waals surface area contributed by atoms with E-state index >= 15 is 0 Å². The van der Waals surface area contributed by atoms with Crippen molar-refractivity contribution >= 4 is 17.5 Å². The second-order valence-electron chi connectivity index (χ2n) is 5.46. The third-order valence-electron chi connectivity index (χ3n) is 3.61. The Morgan fingerprint density at radius 1 is 0.826 bits per heavy atom. The lowest BCUT2D eigenvalue weighted by Crippen LogP contribution is -2.29. The van der Waals surface area contributed by atoms with Crippen LogP contribution >= 0.6 is 11.6 Å². The van der Waals surface area contributed by atoms with E-state index in [9.17, 15) is 4.79 Å². The zero-order chi connectivity index (χ0) is 16.3. The Hall–Kier alpha value is -1.84. The third kappa shape index (κ3) is 7.31. The van der Waals surface area contributed by atoms with Crippen LogP contribution in [0.1, 0.15) is 17.5 Å². The van der Waals surface area contributed by atoms with Crippen molar-refractivity contribution in [1.29, 1.82) is 0 Å². The average Bonchev–Trinajstić information content (AvgIpc) is 2.57. The maximum absolute atomic E-state index is 11.7. The first-order valence-corrected chi connectivity index (χ1v) is 8.37. The first kappa shape index (κ1) is 17.5. The quantitative estimate of drug-likeness (QED) is 0.693. The summed E-state index contributed by atoms with van der Waals surface area (Å²) in [5.41, 5.74) is 2.49. The molecule has 0 aliphatic carbocycles. The van der Waals surface area contributed by atoms with Gasteiger partial charge in [-0.05, 0) is 42.6 Å². The molecule has 122 valence electrons. The predicted molar refractivity (Wildman–Crippen MR) is 95.8 cm³/mol. The molecule has 0 saturated carbocycles. The summed E-state index contributed by atoms with van der Waals surface area (Å²) in [5, 5.41) is 6.98. The van der Waals surface area contributed by atoms with E-state index in [1.54, 1.807) is 0 Å².